The fraction of sp³-hybridized carbons (Fsp3) is 0.533. The van der Waals surface area contributed by atoms with E-state index in [9.17, 15) is 4.79 Å². The van der Waals surface area contributed by atoms with Crippen LogP contribution in [0.5, 0.6) is 0 Å². The highest BCUT2D eigenvalue weighted by Gasteiger charge is 2.17. The molecule has 1 aliphatic heterocycles. The number of carbonyl (C=O) groups is 1. The van der Waals surface area contributed by atoms with Gasteiger partial charge in [-0.05, 0) is 36.3 Å². The Morgan fingerprint density at radius 1 is 1.37 bits per heavy atom. The minimum atomic E-state index is -0.584. The summed E-state index contributed by atoms with van der Waals surface area (Å²) < 4.78 is 9.99. The largest absolute Gasteiger partial charge is 0.468 e. The summed E-state index contributed by atoms with van der Waals surface area (Å²) in [4.78, 5) is 11.3. The highest BCUT2D eigenvalue weighted by atomic mass is 16.5. The molecule has 0 bridgehead atoms. The lowest BCUT2D eigenvalue weighted by molar-refractivity contribution is -0.142. The summed E-state index contributed by atoms with van der Waals surface area (Å²) in [6, 6.07) is 7.78. The molecule has 1 fully saturated rings. The third kappa shape index (κ3) is 3.78. The van der Waals surface area contributed by atoms with Crippen LogP contribution in [0.1, 0.15) is 29.9 Å². The maximum absolute atomic E-state index is 11.3. The van der Waals surface area contributed by atoms with Gasteiger partial charge in [0.1, 0.15) is 6.04 Å². The minimum absolute atomic E-state index is 0.367. The summed E-state index contributed by atoms with van der Waals surface area (Å²) in [5.74, 6) is 0.227. The predicted octanol–water partition coefficient (Wildman–Crippen LogP) is 1.62. The Kier molecular flexibility index (Phi) is 4.93. The van der Waals surface area contributed by atoms with Gasteiger partial charge < -0.3 is 15.2 Å². The average Bonchev–Trinajstić information content (AvgIpc) is 2.48. The molecule has 104 valence electrons. The van der Waals surface area contributed by atoms with Crippen LogP contribution in [0.25, 0.3) is 0 Å². The van der Waals surface area contributed by atoms with E-state index < -0.39 is 6.04 Å². The van der Waals surface area contributed by atoms with Crippen LogP contribution in [0, 0.1) is 0 Å². The number of carbonyl (C=O) groups excluding carboxylic acids is 1. The Labute approximate surface area is 113 Å². The maximum atomic E-state index is 11.3. The number of ether oxygens (including phenoxy) is 2. The molecule has 1 aliphatic rings. The molecule has 0 amide bonds. The predicted molar refractivity (Wildman–Crippen MR) is 72.9 cm³/mol. The molecule has 4 nitrogen and oxygen atoms in total. The molecule has 0 aliphatic carbocycles. The fourth-order valence-corrected chi connectivity index (χ4v) is 2.45. The molecule has 1 heterocycles. The highest BCUT2D eigenvalue weighted by molar-refractivity contribution is 5.75. The van der Waals surface area contributed by atoms with Gasteiger partial charge >= 0.3 is 5.97 Å². The minimum Gasteiger partial charge on any atom is -0.468 e. The van der Waals surface area contributed by atoms with E-state index >= 15 is 0 Å². The summed E-state index contributed by atoms with van der Waals surface area (Å²) in [5.41, 5.74) is 8.16. The number of rotatable bonds is 4. The van der Waals surface area contributed by atoms with Crippen LogP contribution in [0.4, 0.5) is 0 Å². The van der Waals surface area contributed by atoms with Gasteiger partial charge in [-0.3, -0.25) is 4.79 Å². The van der Waals surface area contributed by atoms with E-state index in [0.717, 1.165) is 31.6 Å². The first-order valence-corrected chi connectivity index (χ1v) is 6.70. The molecule has 0 unspecified atom stereocenters. The van der Waals surface area contributed by atoms with Crippen molar-refractivity contribution in [3.63, 3.8) is 0 Å². The Morgan fingerprint density at radius 3 is 2.58 bits per heavy atom. The number of nitrogens with two attached hydrogens (primary N) is 1. The lowest BCUT2D eigenvalue weighted by atomic mass is 9.90. The summed E-state index contributed by atoms with van der Waals surface area (Å²) in [5, 5.41) is 0. The monoisotopic (exact) mass is 263 g/mol. The van der Waals surface area contributed by atoms with Crippen LogP contribution < -0.4 is 5.73 Å². The zero-order chi connectivity index (χ0) is 13.7. The van der Waals surface area contributed by atoms with Crippen molar-refractivity contribution >= 4 is 5.97 Å². The number of hydrogen-bond acceptors (Lipinski definition) is 4. The van der Waals surface area contributed by atoms with Crippen molar-refractivity contribution in [1.29, 1.82) is 0 Å². The number of esters is 1. The molecule has 4 heteroatoms. The molecule has 0 radical (unpaired) electrons. The van der Waals surface area contributed by atoms with Gasteiger partial charge in [-0.2, -0.15) is 0 Å². The molecule has 2 N–H and O–H groups in total. The van der Waals surface area contributed by atoms with Crippen LogP contribution in [0.3, 0.4) is 0 Å². The topological polar surface area (TPSA) is 61.5 Å². The van der Waals surface area contributed by atoms with Crippen molar-refractivity contribution in [1.82, 2.24) is 0 Å². The van der Waals surface area contributed by atoms with Crippen LogP contribution in [0.2, 0.25) is 0 Å². The molecule has 2 rings (SSSR count). The average molecular weight is 263 g/mol. The van der Waals surface area contributed by atoms with Gasteiger partial charge in [0, 0.05) is 13.2 Å². The quantitative estimate of drug-likeness (QED) is 0.839. The van der Waals surface area contributed by atoms with Crippen molar-refractivity contribution < 1.29 is 14.3 Å². The van der Waals surface area contributed by atoms with Crippen molar-refractivity contribution in [3.8, 4) is 0 Å². The number of benzene rings is 1. The molecule has 1 aromatic carbocycles. The van der Waals surface area contributed by atoms with Gasteiger partial charge in [0.05, 0.1) is 7.11 Å². The van der Waals surface area contributed by atoms with Gasteiger partial charge in [-0.15, -0.1) is 0 Å². The molecule has 1 atom stereocenters. The van der Waals surface area contributed by atoms with E-state index in [1.807, 2.05) is 12.1 Å². The van der Waals surface area contributed by atoms with Gasteiger partial charge in [-0.1, -0.05) is 24.3 Å². The smallest absolute Gasteiger partial charge is 0.322 e. The zero-order valence-corrected chi connectivity index (χ0v) is 11.3. The van der Waals surface area contributed by atoms with E-state index in [1.54, 1.807) is 0 Å². The molecule has 0 spiro atoms. The van der Waals surface area contributed by atoms with E-state index in [1.165, 1.54) is 12.7 Å². The molecule has 1 aromatic rings. The zero-order valence-electron chi connectivity index (χ0n) is 11.3. The Hall–Kier alpha value is -1.39. The number of methoxy groups -OCH3 is 1. The lowest BCUT2D eigenvalue weighted by Crippen LogP contribution is -2.33. The maximum Gasteiger partial charge on any atom is 0.322 e. The first-order chi connectivity index (χ1) is 9.20. The standard InChI is InChI=1S/C15H21NO3/c1-18-15(17)14(16)10-11-2-4-12(5-3-11)13-6-8-19-9-7-13/h2-5,13-14H,6-10,16H2,1H3/t14-/m0/s1. The van der Waals surface area contributed by atoms with Crippen LogP contribution in [-0.4, -0.2) is 32.3 Å². The summed E-state index contributed by atoms with van der Waals surface area (Å²) in [6.07, 6.45) is 2.68. The number of hydrogen-bond donors (Lipinski definition) is 1. The van der Waals surface area contributed by atoms with Gasteiger partial charge in [0.2, 0.25) is 0 Å². The van der Waals surface area contributed by atoms with Crippen LogP contribution in [-0.2, 0) is 20.7 Å². The third-order valence-corrected chi connectivity index (χ3v) is 3.63. The molecule has 0 aromatic heterocycles. The Bertz CT molecular complexity index is 410. The fourth-order valence-electron chi connectivity index (χ4n) is 2.45. The van der Waals surface area contributed by atoms with E-state index in [0.29, 0.717) is 12.3 Å². The first-order valence-electron chi connectivity index (χ1n) is 6.70. The lowest BCUT2D eigenvalue weighted by Gasteiger charge is -2.22. The third-order valence-electron chi connectivity index (χ3n) is 3.63. The first kappa shape index (κ1) is 14.0. The van der Waals surface area contributed by atoms with Crippen LogP contribution >= 0.6 is 0 Å². The molecular formula is C15H21NO3. The normalized spacial score (nSPS) is 18.0. The van der Waals surface area contributed by atoms with Crippen molar-refractivity contribution in [2.75, 3.05) is 20.3 Å². The second-order valence-electron chi connectivity index (χ2n) is 4.96. The Morgan fingerprint density at radius 2 is 2.00 bits per heavy atom. The molecule has 19 heavy (non-hydrogen) atoms. The summed E-state index contributed by atoms with van der Waals surface area (Å²) in [6.45, 7) is 1.69. The van der Waals surface area contributed by atoms with E-state index in [2.05, 4.69) is 16.9 Å². The summed E-state index contributed by atoms with van der Waals surface area (Å²) in [7, 11) is 1.36. The SMILES string of the molecule is COC(=O)[C@@H](N)Cc1ccc(C2CCOCC2)cc1. The molecule has 0 saturated carbocycles. The Balaban J connectivity index is 1.96. The second kappa shape index (κ2) is 6.68. The molecular weight excluding hydrogens is 242 g/mol. The summed E-state index contributed by atoms with van der Waals surface area (Å²) >= 11 is 0. The van der Waals surface area contributed by atoms with Gasteiger partial charge in [0.25, 0.3) is 0 Å². The van der Waals surface area contributed by atoms with Crippen molar-refractivity contribution in [2.24, 2.45) is 5.73 Å². The van der Waals surface area contributed by atoms with Crippen molar-refractivity contribution in [2.45, 2.75) is 31.2 Å². The van der Waals surface area contributed by atoms with Gasteiger partial charge in [-0.25, -0.2) is 0 Å². The second-order valence-corrected chi connectivity index (χ2v) is 4.96. The van der Waals surface area contributed by atoms with E-state index in [4.69, 9.17) is 10.5 Å². The highest BCUT2D eigenvalue weighted by Crippen LogP contribution is 2.26. The van der Waals surface area contributed by atoms with E-state index in [-0.39, 0.29) is 5.97 Å². The molecule has 1 saturated heterocycles. The van der Waals surface area contributed by atoms with Crippen molar-refractivity contribution in [3.05, 3.63) is 35.4 Å². The van der Waals surface area contributed by atoms with Crippen LogP contribution in [0.15, 0.2) is 24.3 Å². The van der Waals surface area contributed by atoms with Gasteiger partial charge in [0.15, 0.2) is 0 Å².